The van der Waals surface area contributed by atoms with E-state index in [0.717, 1.165) is 36.9 Å². The monoisotopic (exact) mass is 802 g/mol. The molecule has 8 atom stereocenters. The van der Waals surface area contributed by atoms with Crippen LogP contribution < -0.4 is 4.74 Å². The predicted molar refractivity (Wildman–Crippen MR) is 215 cm³/mol. The lowest BCUT2D eigenvalue weighted by Gasteiger charge is -2.43. The van der Waals surface area contributed by atoms with Gasteiger partial charge in [-0.1, -0.05) is 117 Å². The quantitative estimate of drug-likeness (QED) is 0.0747. The van der Waals surface area contributed by atoms with Gasteiger partial charge in [-0.15, -0.1) is 0 Å². The maximum Gasteiger partial charge on any atom is 0.192 e. The molecule has 0 heterocycles. The number of halogens is 1. The van der Waals surface area contributed by atoms with E-state index in [1.807, 2.05) is 31.2 Å². The number of ether oxygens (including phenoxy) is 2. The van der Waals surface area contributed by atoms with Gasteiger partial charge < -0.3 is 23.1 Å². The van der Waals surface area contributed by atoms with Crippen LogP contribution in [-0.4, -0.2) is 48.3 Å². The highest BCUT2D eigenvalue weighted by Gasteiger charge is 2.43. The third-order valence-electron chi connectivity index (χ3n) is 11.1. The number of benzene rings is 1. The summed E-state index contributed by atoms with van der Waals surface area (Å²) < 4.78 is 28.3. The Hall–Kier alpha value is -0.526. The van der Waals surface area contributed by atoms with Gasteiger partial charge in [0, 0.05) is 11.8 Å². The first kappa shape index (κ1) is 44.5. The highest BCUT2D eigenvalue weighted by atomic mass is 127. The Kier molecular flexibility index (Phi) is 18.2. The van der Waals surface area contributed by atoms with Crippen molar-refractivity contribution in [1.82, 2.24) is 0 Å². The SMILES string of the molecule is COc1ccc(CO[C@H]([C@@H](C)[C@@H](CC[C@H](C)C[C@H](C)[C@H](O[Si](C)(C)C(C)(C)C)[C@H](C)/C=C\I)O[Si](C)(C)C(C)(C)C)[C@@H](C)C=O)cc1. The number of aldehydes is 1. The largest absolute Gasteiger partial charge is 0.497 e. The maximum absolute atomic E-state index is 12.2. The second-order valence-electron chi connectivity index (χ2n) is 17.3. The zero-order valence-electron chi connectivity index (χ0n) is 32.9. The van der Waals surface area contributed by atoms with E-state index in [2.05, 4.69) is 128 Å². The topological polar surface area (TPSA) is 54.0 Å². The van der Waals surface area contributed by atoms with Crippen molar-refractivity contribution >= 4 is 45.5 Å². The highest BCUT2D eigenvalue weighted by Crippen LogP contribution is 2.42. The van der Waals surface area contributed by atoms with Crippen molar-refractivity contribution in [3.8, 4) is 5.75 Å². The second-order valence-corrected chi connectivity index (χ2v) is 27.5. The molecule has 0 aliphatic rings. The van der Waals surface area contributed by atoms with E-state index in [4.69, 9.17) is 18.3 Å². The molecule has 8 heteroatoms. The van der Waals surface area contributed by atoms with Gasteiger partial charge in [-0.2, -0.15) is 0 Å². The summed E-state index contributed by atoms with van der Waals surface area (Å²) in [6.45, 7) is 35.0. The molecule has 1 rings (SSSR count). The average Bonchev–Trinajstić information content (AvgIpc) is 2.96. The Balaban J connectivity index is 3.23. The van der Waals surface area contributed by atoms with Crippen LogP contribution in [0.2, 0.25) is 36.3 Å². The minimum Gasteiger partial charge on any atom is -0.497 e. The summed E-state index contributed by atoms with van der Waals surface area (Å²) in [5.74, 6) is 1.91. The summed E-state index contributed by atoms with van der Waals surface area (Å²) in [5.41, 5.74) is 1.06. The summed E-state index contributed by atoms with van der Waals surface area (Å²) in [6, 6.07) is 7.95. The number of hydrogen-bond donors (Lipinski definition) is 0. The van der Waals surface area contributed by atoms with E-state index < -0.39 is 16.6 Å². The van der Waals surface area contributed by atoms with Gasteiger partial charge in [-0.25, -0.2) is 0 Å². The highest BCUT2D eigenvalue weighted by molar-refractivity contribution is 14.1. The molecule has 0 aromatic heterocycles. The first-order chi connectivity index (χ1) is 21.5. The molecule has 0 aliphatic carbocycles. The molecular weight excluding hydrogens is 731 g/mol. The summed E-state index contributed by atoms with van der Waals surface area (Å²) in [7, 11) is -2.35. The van der Waals surface area contributed by atoms with Crippen molar-refractivity contribution in [1.29, 1.82) is 0 Å². The molecule has 0 N–H and O–H groups in total. The van der Waals surface area contributed by atoms with Crippen LogP contribution in [-0.2, 0) is 25.0 Å². The summed E-state index contributed by atoms with van der Waals surface area (Å²) in [4.78, 5) is 12.2. The molecule has 0 amide bonds. The molecule has 47 heavy (non-hydrogen) atoms. The number of rotatable bonds is 20. The standard InChI is InChI=1S/C39H71IO5Si2/c1-28(25-30(3)36(29(2)23-24-40)45-47(15,16)39(9,10)11)17-22-35(44-46(13,14)38(6,7)8)32(5)37(31(4)26-41)43-27-33-18-20-34(42-12)21-19-33/h18-21,23-24,26,28-32,35-37H,17,22,25,27H2,1-16H3/b24-23-/t28-,29+,30-,31-,32-,35+,36+,37-/m0/s1. The first-order valence-corrected chi connectivity index (χ1v) is 24.9. The van der Waals surface area contributed by atoms with Crippen LogP contribution in [0.15, 0.2) is 34.4 Å². The van der Waals surface area contributed by atoms with Crippen LogP contribution >= 0.6 is 22.6 Å². The van der Waals surface area contributed by atoms with Crippen molar-refractivity contribution in [2.75, 3.05) is 7.11 Å². The molecular formula is C39H71IO5Si2. The fourth-order valence-corrected chi connectivity index (χ4v) is 9.37. The Labute approximate surface area is 306 Å². The molecule has 5 nitrogen and oxygen atoms in total. The van der Waals surface area contributed by atoms with E-state index in [1.54, 1.807) is 7.11 Å². The van der Waals surface area contributed by atoms with Gasteiger partial charge >= 0.3 is 0 Å². The first-order valence-electron chi connectivity index (χ1n) is 17.8. The molecule has 0 radical (unpaired) electrons. The molecule has 0 spiro atoms. The van der Waals surface area contributed by atoms with Crippen molar-refractivity contribution < 1.29 is 23.1 Å². The number of methoxy groups -OCH3 is 1. The van der Waals surface area contributed by atoms with Crippen molar-refractivity contribution in [2.45, 2.75) is 157 Å². The maximum atomic E-state index is 12.2. The molecule has 1 aromatic rings. The average molecular weight is 803 g/mol. The molecule has 0 bridgehead atoms. The van der Waals surface area contributed by atoms with Crippen LogP contribution in [0.3, 0.4) is 0 Å². The Bertz CT molecular complexity index is 1080. The molecule has 1 aromatic carbocycles. The van der Waals surface area contributed by atoms with Crippen LogP contribution in [0.4, 0.5) is 0 Å². The normalized spacial score (nSPS) is 18.7. The van der Waals surface area contributed by atoms with Gasteiger partial charge in [0.05, 0.1) is 32.0 Å². The van der Waals surface area contributed by atoms with Gasteiger partial charge in [0.25, 0.3) is 0 Å². The summed E-state index contributed by atoms with van der Waals surface area (Å²) >= 11 is 2.33. The van der Waals surface area contributed by atoms with Gasteiger partial charge in [-0.05, 0) is 95.1 Å². The predicted octanol–water partition coefficient (Wildman–Crippen LogP) is 11.9. The van der Waals surface area contributed by atoms with Crippen LogP contribution in [0.25, 0.3) is 0 Å². The third kappa shape index (κ3) is 14.0. The van der Waals surface area contributed by atoms with Gasteiger partial charge in [-0.3, -0.25) is 0 Å². The molecule has 0 saturated heterocycles. The number of hydrogen-bond acceptors (Lipinski definition) is 5. The molecule has 0 unspecified atom stereocenters. The third-order valence-corrected chi connectivity index (χ3v) is 20.5. The zero-order chi connectivity index (χ0) is 36.4. The van der Waals surface area contributed by atoms with Crippen LogP contribution in [0.1, 0.15) is 101 Å². The van der Waals surface area contributed by atoms with Gasteiger partial charge in [0.2, 0.25) is 0 Å². The minimum atomic E-state index is -2.09. The van der Waals surface area contributed by atoms with Crippen molar-refractivity contribution in [3.05, 3.63) is 40.0 Å². The van der Waals surface area contributed by atoms with E-state index in [9.17, 15) is 4.79 Å². The lowest BCUT2D eigenvalue weighted by molar-refractivity contribution is -0.120. The van der Waals surface area contributed by atoms with E-state index in [0.29, 0.717) is 24.4 Å². The Morgan fingerprint density at radius 3 is 1.79 bits per heavy atom. The van der Waals surface area contributed by atoms with E-state index in [-0.39, 0.29) is 40.2 Å². The van der Waals surface area contributed by atoms with Crippen molar-refractivity contribution in [2.24, 2.45) is 29.6 Å². The Morgan fingerprint density at radius 1 is 0.787 bits per heavy atom. The smallest absolute Gasteiger partial charge is 0.192 e. The molecule has 0 fully saturated rings. The lowest BCUT2D eigenvalue weighted by Crippen LogP contribution is -2.48. The van der Waals surface area contributed by atoms with Gasteiger partial charge in [0.15, 0.2) is 16.6 Å². The van der Waals surface area contributed by atoms with Crippen molar-refractivity contribution in [3.63, 3.8) is 0 Å². The molecule has 272 valence electrons. The summed E-state index contributed by atoms with van der Waals surface area (Å²) in [5, 5.41) is 0.247. The molecule has 0 saturated carbocycles. The van der Waals surface area contributed by atoms with E-state index in [1.165, 1.54) is 0 Å². The number of carbonyl (C=O) groups is 1. The van der Waals surface area contributed by atoms with E-state index >= 15 is 0 Å². The fraction of sp³-hybridized carbons (Fsp3) is 0.769. The Morgan fingerprint density at radius 2 is 1.32 bits per heavy atom. The lowest BCUT2D eigenvalue weighted by atomic mass is 9.83. The number of carbonyl (C=O) groups excluding carboxylic acids is 1. The molecule has 0 aliphatic heterocycles. The second kappa shape index (κ2) is 19.2. The minimum absolute atomic E-state index is 0.00271. The van der Waals surface area contributed by atoms with Crippen LogP contribution in [0, 0.1) is 29.6 Å². The fourth-order valence-electron chi connectivity index (χ4n) is 5.79. The van der Waals surface area contributed by atoms with Crippen LogP contribution in [0.5, 0.6) is 5.75 Å². The zero-order valence-corrected chi connectivity index (χ0v) is 37.1. The van der Waals surface area contributed by atoms with Gasteiger partial charge in [0.1, 0.15) is 12.0 Å². The summed E-state index contributed by atoms with van der Waals surface area (Å²) in [6.07, 6.45) is 6.36.